The zero-order valence-corrected chi connectivity index (χ0v) is 12.1. The Morgan fingerprint density at radius 2 is 1.89 bits per heavy atom. The van der Waals surface area contributed by atoms with Crippen LogP contribution >= 0.6 is 0 Å². The maximum Gasteiger partial charge on any atom is 0.320 e. The van der Waals surface area contributed by atoms with Gasteiger partial charge in [-0.1, -0.05) is 32.9 Å². The van der Waals surface area contributed by atoms with Crippen LogP contribution in [0.3, 0.4) is 0 Å². The number of nitrogens with one attached hydrogen (secondary N) is 1. The summed E-state index contributed by atoms with van der Waals surface area (Å²) in [6, 6.07) is 7.46. The number of rotatable bonds is 6. The second-order valence-electron chi connectivity index (χ2n) is 5.64. The zero-order chi connectivity index (χ0) is 14.5. The Hall–Kier alpha value is -1.55. The molecule has 0 unspecified atom stereocenters. The molecule has 0 aromatic heterocycles. The number of hydrogen-bond donors (Lipinski definition) is 2. The van der Waals surface area contributed by atoms with Crippen molar-refractivity contribution in [1.29, 1.82) is 0 Å². The molecule has 0 amide bonds. The first kappa shape index (κ1) is 15.5. The normalized spacial score (nSPS) is 13.1. The fraction of sp³-hybridized carbons (Fsp3) is 0.533. The van der Waals surface area contributed by atoms with Gasteiger partial charge < -0.3 is 15.2 Å². The predicted molar refractivity (Wildman–Crippen MR) is 75.7 cm³/mol. The van der Waals surface area contributed by atoms with Gasteiger partial charge in [-0.05, 0) is 30.0 Å². The molecule has 0 fully saturated rings. The van der Waals surface area contributed by atoms with Gasteiger partial charge in [-0.15, -0.1) is 0 Å². The lowest BCUT2D eigenvalue weighted by Gasteiger charge is -2.19. The van der Waals surface area contributed by atoms with E-state index in [9.17, 15) is 4.79 Å². The summed E-state index contributed by atoms with van der Waals surface area (Å²) in [7, 11) is 0. The van der Waals surface area contributed by atoms with E-state index in [2.05, 4.69) is 38.2 Å². The Morgan fingerprint density at radius 3 is 2.37 bits per heavy atom. The van der Waals surface area contributed by atoms with Crippen molar-refractivity contribution in [2.24, 2.45) is 0 Å². The lowest BCUT2D eigenvalue weighted by Crippen LogP contribution is -2.36. The highest BCUT2D eigenvalue weighted by Gasteiger charge is 2.13. The summed E-state index contributed by atoms with van der Waals surface area (Å²) in [5.41, 5.74) is 1.40. The number of hydrogen-bond acceptors (Lipinski definition) is 3. The van der Waals surface area contributed by atoms with Crippen molar-refractivity contribution in [3.63, 3.8) is 0 Å². The van der Waals surface area contributed by atoms with Crippen LogP contribution in [-0.2, 0) is 10.2 Å². The van der Waals surface area contributed by atoms with Crippen molar-refractivity contribution < 1.29 is 14.6 Å². The molecular weight excluding hydrogens is 242 g/mol. The van der Waals surface area contributed by atoms with Gasteiger partial charge in [-0.25, -0.2) is 0 Å². The largest absolute Gasteiger partial charge is 0.492 e. The van der Waals surface area contributed by atoms with E-state index >= 15 is 0 Å². The van der Waals surface area contributed by atoms with Gasteiger partial charge in [0.1, 0.15) is 18.4 Å². The Labute approximate surface area is 114 Å². The fourth-order valence-corrected chi connectivity index (χ4v) is 1.58. The molecule has 1 atom stereocenters. The summed E-state index contributed by atoms with van der Waals surface area (Å²) in [5.74, 6) is -0.0488. The molecule has 0 radical (unpaired) electrons. The minimum atomic E-state index is -0.852. The molecule has 1 aromatic carbocycles. The van der Waals surface area contributed by atoms with E-state index in [4.69, 9.17) is 9.84 Å². The minimum Gasteiger partial charge on any atom is -0.492 e. The molecule has 106 valence electrons. The van der Waals surface area contributed by atoms with Gasteiger partial charge in [-0.2, -0.15) is 0 Å². The van der Waals surface area contributed by atoms with Gasteiger partial charge in [0.05, 0.1) is 0 Å². The summed E-state index contributed by atoms with van der Waals surface area (Å²) in [4.78, 5) is 10.6. The number of carboxylic acid groups (broad SMARTS) is 1. The third-order valence-electron chi connectivity index (χ3n) is 2.91. The van der Waals surface area contributed by atoms with Crippen LogP contribution in [0.25, 0.3) is 0 Å². The van der Waals surface area contributed by atoms with Gasteiger partial charge in [0.2, 0.25) is 0 Å². The van der Waals surface area contributed by atoms with Crippen LogP contribution in [0.2, 0.25) is 0 Å². The topological polar surface area (TPSA) is 58.6 Å². The molecule has 0 saturated heterocycles. The molecule has 19 heavy (non-hydrogen) atoms. The second kappa shape index (κ2) is 6.57. The number of ether oxygens (including phenoxy) is 1. The lowest BCUT2D eigenvalue weighted by atomic mass is 9.87. The van der Waals surface area contributed by atoms with Gasteiger partial charge in [0.15, 0.2) is 0 Å². The third kappa shape index (κ3) is 5.30. The van der Waals surface area contributed by atoms with Gasteiger partial charge in [0.25, 0.3) is 0 Å². The van der Waals surface area contributed by atoms with Crippen LogP contribution in [-0.4, -0.2) is 30.3 Å². The molecule has 4 heteroatoms. The maximum atomic E-state index is 10.6. The second-order valence-corrected chi connectivity index (χ2v) is 5.64. The highest BCUT2D eigenvalue weighted by molar-refractivity contribution is 5.72. The van der Waals surface area contributed by atoms with E-state index in [1.807, 2.05) is 12.1 Å². The van der Waals surface area contributed by atoms with Crippen LogP contribution in [0.1, 0.15) is 33.3 Å². The SMILES string of the molecule is C[C@@H](NCCOc1ccc(C(C)(C)C)cc1)C(=O)O. The van der Waals surface area contributed by atoms with E-state index < -0.39 is 12.0 Å². The number of benzene rings is 1. The van der Waals surface area contributed by atoms with Gasteiger partial charge >= 0.3 is 5.97 Å². The molecule has 0 spiro atoms. The van der Waals surface area contributed by atoms with Crippen LogP contribution in [0.15, 0.2) is 24.3 Å². The molecule has 0 aliphatic heterocycles. The molecule has 1 aromatic rings. The van der Waals surface area contributed by atoms with Crippen LogP contribution in [0, 0.1) is 0 Å². The van der Waals surface area contributed by atoms with Crippen LogP contribution < -0.4 is 10.1 Å². The highest BCUT2D eigenvalue weighted by atomic mass is 16.5. The standard InChI is InChI=1S/C15H23NO3/c1-11(14(17)18)16-9-10-19-13-7-5-12(6-8-13)15(2,3)4/h5-8,11,16H,9-10H2,1-4H3,(H,17,18)/t11-/m1/s1. The monoisotopic (exact) mass is 265 g/mol. The maximum absolute atomic E-state index is 10.6. The molecule has 4 nitrogen and oxygen atoms in total. The van der Waals surface area contributed by atoms with Crippen molar-refractivity contribution in [3.8, 4) is 5.75 Å². The van der Waals surface area contributed by atoms with E-state index in [-0.39, 0.29) is 5.41 Å². The average molecular weight is 265 g/mol. The van der Waals surface area contributed by atoms with Gasteiger partial charge in [-0.3, -0.25) is 4.79 Å². The third-order valence-corrected chi connectivity index (χ3v) is 2.91. The van der Waals surface area contributed by atoms with E-state index in [0.29, 0.717) is 13.2 Å². The number of carboxylic acids is 1. The summed E-state index contributed by atoms with van der Waals surface area (Å²) < 4.78 is 5.55. The molecule has 0 aliphatic rings. The Bertz CT molecular complexity index is 406. The molecule has 1 rings (SSSR count). The quantitative estimate of drug-likeness (QED) is 0.776. The summed E-state index contributed by atoms with van der Waals surface area (Å²) in [6.45, 7) is 9.07. The Morgan fingerprint density at radius 1 is 1.32 bits per heavy atom. The van der Waals surface area contributed by atoms with Gasteiger partial charge in [0, 0.05) is 6.54 Å². The van der Waals surface area contributed by atoms with Crippen LogP contribution in [0.5, 0.6) is 5.75 Å². The summed E-state index contributed by atoms with van der Waals surface area (Å²) in [6.07, 6.45) is 0. The number of carbonyl (C=O) groups is 1. The first-order valence-corrected chi connectivity index (χ1v) is 6.50. The van der Waals surface area contributed by atoms with E-state index in [1.54, 1.807) is 6.92 Å². The summed E-state index contributed by atoms with van der Waals surface area (Å²) >= 11 is 0. The predicted octanol–water partition coefficient (Wildman–Crippen LogP) is 2.43. The Kier molecular flexibility index (Phi) is 5.36. The highest BCUT2D eigenvalue weighted by Crippen LogP contribution is 2.24. The molecule has 2 N–H and O–H groups in total. The van der Waals surface area contributed by atoms with Crippen molar-refractivity contribution >= 4 is 5.97 Å². The van der Waals surface area contributed by atoms with E-state index in [0.717, 1.165) is 5.75 Å². The smallest absolute Gasteiger partial charge is 0.320 e. The Balaban J connectivity index is 2.37. The molecule has 0 aliphatic carbocycles. The molecule has 0 bridgehead atoms. The molecule has 0 heterocycles. The zero-order valence-electron chi connectivity index (χ0n) is 12.1. The van der Waals surface area contributed by atoms with Crippen molar-refractivity contribution in [1.82, 2.24) is 5.32 Å². The minimum absolute atomic E-state index is 0.136. The van der Waals surface area contributed by atoms with Crippen molar-refractivity contribution in [3.05, 3.63) is 29.8 Å². The number of aliphatic carboxylic acids is 1. The van der Waals surface area contributed by atoms with E-state index in [1.165, 1.54) is 5.56 Å². The summed E-state index contributed by atoms with van der Waals surface area (Å²) in [5, 5.41) is 11.6. The molecule has 0 saturated carbocycles. The lowest BCUT2D eigenvalue weighted by molar-refractivity contribution is -0.139. The first-order valence-electron chi connectivity index (χ1n) is 6.50. The fourth-order valence-electron chi connectivity index (χ4n) is 1.58. The van der Waals surface area contributed by atoms with Crippen molar-refractivity contribution in [2.45, 2.75) is 39.2 Å². The van der Waals surface area contributed by atoms with Crippen molar-refractivity contribution in [2.75, 3.05) is 13.2 Å². The first-order chi connectivity index (χ1) is 8.80. The molecular formula is C15H23NO3. The van der Waals surface area contributed by atoms with Crippen LogP contribution in [0.4, 0.5) is 0 Å². The average Bonchev–Trinajstić information content (AvgIpc) is 2.33.